The number of hydrogen-bond donors (Lipinski definition) is 0. The maximum atomic E-state index is 2.55. The molecule has 0 saturated heterocycles. The predicted octanol–water partition coefficient (Wildman–Crippen LogP) is 5.59. The molecule has 0 N–H and O–H groups in total. The Morgan fingerprint density at radius 3 is 2.50 bits per heavy atom. The molecule has 0 aromatic carbocycles. The Balaban J connectivity index is 1.73. The minimum atomic E-state index is 0.746. The molecule has 0 aromatic rings. The van der Waals surface area contributed by atoms with Crippen LogP contribution >= 0.6 is 0 Å². The summed E-state index contributed by atoms with van der Waals surface area (Å²) in [5.74, 6) is 4.30. The van der Waals surface area contributed by atoms with Crippen molar-refractivity contribution >= 4 is 0 Å². The van der Waals surface area contributed by atoms with Gasteiger partial charge in [-0.15, -0.1) is 0 Å². The summed E-state index contributed by atoms with van der Waals surface area (Å²) in [5.41, 5.74) is 0.746. The SMILES string of the molecule is CCCC1CC1C1C(C)CCC12CCC=CCC2. The van der Waals surface area contributed by atoms with Crippen LogP contribution in [0.3, 0.4) is 0 Å². The van der Waals surface area contributed by atoms with E-state index in [-0.39, 0.29) is 0 Å². The minimum absolute atomic E-state index is 0.746. The summed E-state index contributed by atoms with van der Waals surface area (Å²) in [4.78, 5) is 0. The molecule has 0 aliphatic heterocycles. The van der Waals surface area contributed by atoms with Crippen molar-refractivity contribution < 1.29 is 0 Å². The van der Waals surface area contributed by atoms with Gasteiger partial charge in [-0.3, -0.25) is 0 Å². The quantitative estimate of drug-likeness (QED) is 0.570. The zero-order valence-electron chi connectivity index (χ0n) is 12.3. The van der Waals surface area contributed by atoms with Crippen LogP contribution in [0.15, 0.2) is 12.2 Å². The molecule has 0 heterocycles. The van der Waals surface area contributed by atoms with Gasteiger partial charge in [0.15, 0.2) is 0 Å². The van der Waals surface area contributed by atoms with Gasteiger partial charge in [0.1, 0.15) is 0 Å². The van der Waals surface area contributed by atoms with Gasteiger partial charge < -0.3 is 0 Å². The van der Waals surface area contributed by atoms with E-state index >= 15 is 0 Å². The van der Waals surface area contributed by atoms with Gasteiger partial charge in [0.05, 0.1) is 0 Å². The van der Waals surface area contributed by atoms with Crippen LogP contribution in [0, 0.1) is 29.1 Å². The van der Waals surface area contributed by atoms with Crippen LogP contribution in [0.5, 0.6) is 0 Å². The second kappa shape index (κ2) is 5.02. The van der Waals surface area contributed by atoms with Crippen molar-refractivity contribution in [3.63, 3.8) is 0 Å². The van der Waals surface area contributed by atoms with Crippen LogP contribution in [0.4, 0.5) is 0 Å². The van der Waals surface area contributed by atoms with Crippen molar-refractivity contribution in [3.05, 3.63) is 12.2 Å². The van der Waals surface area contributed by atoms with Crippen molar-refractivity contribution in [2.24, 2.45) is 29.1 Å². The first-order chi connectivity index (χ1) is 8.77. The number of rotatable bonds is 3. The molecule has 3 aliphatic rings. The van der Waals surface area contributed by atoms with Gasteiger partial charge in [-0.2, -0.15) is 0 Å². The van der Waals surface area contributed by atoms with Crippen LogP contribution in [-0.4, -0.2) is 0 Å². The van der Waals surface area contributed by atoms with Crippen LogP contribution in [-0.2, 0) is 0 Å². The third-order valence-corrected chi connectivity index (χ3v) is 6.30. The molecule has 3 aliphatic carbocycles. The summed E-state index contributed by atoms with van der Waals surface area (Å²) in [5, 5.41) is 0. The van der Waals surface area contributed by atoms with Gasteiger partial charge >= 0.3 is 0 Å². The van der Waals surface area contributed by atoms with Crippen LogP contribution in [0.1, 0.15) is 71.6 Å². The molecular weight excluding hydrogens is 216 g/mol. The van der Waals surface area contributed by atoms with Crippen LogP contribution in [0.25, 0.3) is 0 Å². The Morgan fingerprint density at radius 2 is 1.83 bits per heavy atom. The molecule has 4 unspecified atom stereocenters. The summed E-state index contributed by atoms with van der Waals surface area (Å²) in [6, 6.07) is 0. The topological polar surface area (TPSA) is 0 Å². The van der Waals surface area contributed by atoms with Crippen LogP contribution in [0.2, 0.25) is 0 Å². The highest BCUT2D eigenvalue weighted by atomic mass is 14.6. The molecule has 0 radical (unpaired) electrons. The normalized spacial score (nSPS) is 42.1. The first-order valence-electron chi connectivity index (χ1n) is 8.42. The first-order valence-corrected chi connectivity index (χ1v) is 8.42. The van der Waals surface area contributed by atoms with E-state index in [1.54, 1.807) is 6.42 Å². The summed E-state index contributed by atoms with van der Waals surface area (Å²) in [6.07, 6.45) is 18.1. The molecule has 18 heavy (non-hydrogen) atoms. The molecule has 1 spiro atoms. The first kappa shape index (κ1) is 12.8. The molecule has 2 saturated carbocycles. The van der Waals surface area contributed by atoms with E-state index in [9.17, 15) is 0 Å². The predicted molar refractivity (Wildman–Crippen MR) is 78.4 cm³/mol. The van der Waals surface area contributed by atoms with E-state index in [1.807, 2.05) is 0 Å². The standard InChI is InChI=1S/C18H30/c1-3-8-15-13-16(15)17-14(2)9-12-18(17)10-6-4-5-7-11-18/h4-5,14-17H,3,6-13H2,1-2H3. The molecule has 0 nitrogen and oxygen atoms in total. The second-order valence-electron chi connectivity index (χ2n) is 7.40. The maximum absolute atomic E-state index is 2.55. The molecule has 0 heteroatoms. The molecule has 4 atom stereocenters. The third kappa shape index (κ3) is 2.17. The average Bonchev–Trinajstić information content (AvgIpc) is 3.07. The van der Waals surface area contributed by atoms with Gasteiger partial charge in [-0.05, 0) is 74.0 Å². The van der Waals surface area contributed by atoms with Crippen molar-refractivity contribution in [1.29, 1.82) is 0 Å². The van der Waals surface area contributed by atoms with Crippen LogP contribution < -0.4 is 0 Å². The lowest BCUT2D eigenvalue weighted by atomic mass is 9.67. The Hall–Kier alpha value is -0.260. The van der Waals surface area contributed by atoms with E-state index in [0.29, 0.717) is 0 Å². The molecule has 0 aromatic heterocycles. The highest BCUT2D eigenvalue weighted by Gasteiger charge is 2.55. The summed E-state index contributed by atoms with van der Waals surface area (Å²) in [6.45, 7) is 4.91. The fourth-order valence-electron chi connectivity index (χ4n) is 5.44. The van der Waals surface area contributed by atoms with Crippen molar-refractivity contribution in [3.8, 4) is 0 Å². The molecule has 3 rings (SSSR count). The fourth-order valence-corrected chi connectivity index (χ4v) is 5.44. The van der Waals surface area contributed by atoms with Crippen molar-refractivity contribution in [1.82, 2.24) is 0 Å². The average molecular weight is 246 g/mol. The number of hydrogen-bond acceptors (Lipinski definition) is 0. The summed E-state index contributed by atoms with van der Waals surface area (Å²) >= 11 is 0. The van der Waals surface area contributed by atoms with Gasteiger partial charge in [0, 0.05) is 0 Å². The van der Waals surface area contributed by atoms with E-state index in [1.165, 1.54) is 51.4 Å². The molecular formula is C18H30. The van der Waals surface area contributed by atoms with E-state index in [2.05, 4.69) is 26.0 Å². The number of allylic oxidation sites excluding steroid dienone is 2. The highest BCUT2D eigenvalue weighted by Crippen LogP contribution is 2.63. The Bertz CT molecular complexity index is 304. The zero-order chi connectivity index (χ0) is 12.6. The highest BCUT2D eigenvalue weighted by molar-refractivity contribution is 5.07. The largest absolute Gasteiger partial charge is 0.0885 e. The van der Waals surface area contributed by atoms with E-state index in [0.717, 1.165) is 29.1 Å². The summed E-state index contributed by atoms with van der Waals surface area (Å²) in [7, 11) is 0. The minimum Gasteiger partial charge on any atom is -0.0885 e. The molecule has 0 amide bonds. The maximum Gasteiger partial charge on any atom is -0.0258 e. The zero-order valence-corrected chi connectivity index (χ0v) is 12.3. The molecule has 0 bridgehead atoms. The van der Waals surface area contributed by atoms with Gasteiger partial charge in [0.2, 0.25) is 0 Å². The Labute approximate surface area is 113 Å². The van der Waals surface area contributed by atoms with Gasteiger partial charge in [-0.25, -0.2) is 0 Å². The second-order valence-corrected chi connectivity index (χ2v) is 7.40. The molecule has 102 valence electrons. The lowest BCUT2D eigenvalue weighted by molar-refractivity contribution is 0.121. The van der Waals surface area contributed by atoms with Crippen molar-refractivity contribution in [2.45, 2.75) is 71.6 Å². The van der Waals surface area contributed by atoms with Crippen molar-refractivity contribution in [2.75, 3.05) is 0 Å². The van der Waals surface area contributed by atoms with E-state index in [4.69, 9.17) is 0 Å². The summed E-state index contributed by atoms with van der Waals surface area (Å²) < 4.78 is 0. The Morgan fingerprint density at radius 1 is 1.11 bits per heavy atom. The molecule has 2 fully saturated rings. The lowest BCUT2D eigenvalue weighted by Gasteiger charge is -2.37. The lowest BCUT2D eigenvalue weighted by Crippen LogP contribution is -2.29. The fraction of sp³-hybridized carbons (Fsp3) is 0.889. The third-order valence-electron chi connectivity index (χ3n) is 6.30. The Kier molecular flexibility index (Phi) is 3.56. The smallest absolute Gasteiger partial charge is 0.0258 e. The van der Waals surface area contributed by atoms with Gasteiger partial charge in [0.25, 0.3) is 0 Å². The monoisotopic (exact) mass is 246 g/mol. The van der Waals surface area contributed by atoms with E-state index < -0.39 is 0 Å². The van der Waals surface area contributed by atoms with Gasteiger partial charge in [-0.1, -0.05) is 38.8 Å².